The lowest BCUT2D eigenvalue weighted by Gasteiger charge is -2.16. The minimum Gasteiger partial charge on any atom is -0.493 e. The maximum atomic E-state index is 12.6. The lowest BCUT2D eigenvalue weighted by Crippen LogP contribution is -2.30. The number of rotatable bonds is 7. The molecule has 2 rings (SSSR count). The van der Waals surface area contributed by atoms with Crippen molar-refractivity contribution in [1.82, 2.24) is 4.90 Å². The molecule has 0 bridgehead atoms. The molecular formula is C18H20BrNO5S2. The highest BCUT2D eigenvalue weighted by Crippen LogP contribution is 2.39. The predicted molar refractivity (Wildman–Crippen MR) is 113 cm³/mol. The van der Waals surface area contributed by atoms with E-state index in [1.165, 1.54) is 23.8 Å². The van der Waals surface area contributed by atoms with Gasteiger partial charge in [-0.2, -0.15) is 0 Å². The number of halogens is 1. The van der Waals surface area contributed by atoms with Crippen LogP contribution in [-0.2, 0) is 14.3 Å². The fourth-order valence-corrected chi connectivity index (χ4v) is 4.18. The van der Waals surface area contributed by atoms with Gasteiger partial charge in [-0.1, -0.05) is 24.0 Å². The van der Waals surface area contributed by atoms with Gasteiger partial charge in [0.15, 0.2) is 11.5 Å². The van der Waals surface area contributed by atoms with Crippen molar-refractivity contribution in [2.24, 2.45) is 0 Å². The molecule has 0 aliphatic carbocycles. The van der Waals surface area contributed by atoms with Crippen LogP contribution in [0.3, 0.4) is 0 Å². The number of methoxy groups -OCH3 is 2. The second-order valence-corrected chi connectivity index (χ2v) is 8.39. The lowest BCUT2D eigenvalue weighted by atomic mass is 10.1. The van der Waals surface area contributed by atoms with E-state index < -0.39 is 0 Å². The van der Waals surface area contributed by atoms with Gasteiger partial charge in [-0.3, -0.25) is 14.5 Å². The van der Waals surface area contributed by atoms with Gasteiger partial charge in [0.05, 0.1) is 36.1 Å². The number of thioether (sulfide) groups is 1. The molecule has 1 fully saturated rings. The van der Waals surface area contributed by atoms with Gasteiger partial charge in [-0.25, -0.2) is 0 Å². The summed E-state index contributed by atoms with van der Waals surface area (Å²) in [5.41, 5.74) is 0.767. The third-order valence-electron chi connectivity index (χ3n) is 3.54. The number of amides is 1. The summed E-state index contributed by atoms with van der Waals surface area (Å²) in [6.07, 6.45) is 1.83. The smallest absolute Gasteiger partial charge is 0.307 e. The molecule has 27 heavy (non-hydrogen) atoms. The number of ether oxygens (including phenoxy) is 3. The second kappa shape index (κ2) is 9.57. The number of benzene rings is 1. The molecule has 1 aromatic carbocycles. The highest BCUT2D eigenvalue weighted by molar-refractivity contribution is 9.10. The number of thiocarbonyl (C=S) groups is 1. The van der Waals surface area contributed by atoms with Gasteiger partial charge in [-0.05, 0) is 53.5 Å². The summed E-state index contributed by atoms with van der Waals surface area (Å²) in [7, 11) is 2.87. The van der Waals surface area contributed by atoms with E-state index in [-0.39, 0.29) is 30.9 Å². The molecule has 1 aromatic rings. The van der Waals surface area contributed by atoms with Crippen molar-refractivity contribution in [2.45, 2.75) is 26.4 Å². The van der Waals surface area contributed by atoms with E-state index in [1.54, 1.807) is 19.3 Å². The van der Waals surface area contributed by atoms with Crippen molar-refractivity contribution in [2.75, 3.05) is 20.8 Å². The van der Waals surface area contributed by atoms with Gasteiger partial charge >= 0.3 is 5.97 Å². The molecule has 6 nitrogen and oxygen atoms in total. The minimum atomic E-state index is -0.387. The predicted octanol–water partition coefficient (Wildman–Crippen LogP) is 4.01. The van der Waals surface area contributed by atoms with Crippen LogP contribution in [0.1, 0.15) is 25.8 Å². The Labute approximate surface area is 176 Å². The van der Waals surface area contributed by atoms with Crippen LogP contribution in [0, 0.1) is 0 Å². The van der Waals surface area contributed by atoms with Gasteiger partial charge in [0, 0.05) is 6.54 Å². The van der Waals surface area contributed by atoms with E-state index >= 15 is 0 Å². The zero-order chi connectivity index (χ0) is 20.1. The summed E-state index contributed by atoms with van der Waals surface area (Å²) < 4.78 is 16.9. The molecule has 1 aliphatic heterocycles. The largest absolute Gasteiger partial charge is 0.493 e. The van der Waals surface area contributed by atoms with Gasteiger partial charge in [0.25, 0.3) is 5.91 Å². The molecule has 0 spiro atoms. The van der Waals surface area contributed by atoms with Gasteiger partial charge < -0.3 is 14.2 Å². The maximum Gasteiger partial charge on any atom is 0.307 e. The topological polar surface area (TPSA) is 65.1 Å². The number of hydrogen-bond acceptors (Lipinski definition) is 7. The average Bonchev–Trinajstić information content (AvgIpc) is 2.87. The normalized spacial score (nSPS) is 15.6. The molecule has 1 heterocycles. The third kappa shape index (κ3) is 5.46. The monoisotopic (exact) mass is 473 g/mol. The Kier molecular flexibility index (Phi) is 7.69. The number of esters is 1. The fraction of sp³-hybridized carbons (Fsp3) is 0.389. The molecular weight excluding hydrogens is 454 g/mol. The number of hydrogen-bond donors (Lipinski definition) is 0. The van der Waals surface area contributed by atoms with Crippen LogP contribution in [0.4, 0.5) is 0 Å². The minimum absolute atomic E-state index is 0.00730. The molecule has 1 amide bonds. The molecule has 9 heteroatoms. The average molecular weight is 474 g/mol. The highest BCUT2D eigenvalue weighted by Gasteiger charge is 2.32. The van der Waals surface area contributed by atoms with Crippen molar-refractivity contribution >= 4 is 62.2 Å². The summed E-state index contributed by atoms with van der Waals surface area (Å²) in [6, 6.07) is 3.64. The first-order chi connectivity index (χ1) is 12.8. The van der Waals surface area contributed by atoms with Crippen LogP contribution in [0.15, 0.2) is 21.5 Å². The van der Waals surface area contributed by atoms with Crippen LogP contribution < -0.4 is 9.47 Å². The van der Waals surface area contributed by atoms with Crippen molar-refractivity contribution < 1.29 is 23.8 Å². The number of carbonyl (C=O) groups excluding carboxylic acids is 2. The molecule has 0 saturated carbocycles. The van der Waals surface area contributed by atoms with Crippen molar-refractivity contribution in [1.29, 1.82) is 0 Å². The number of nitrogens with zero attached hydrogens (tertiary/aromatic N) is 1. The van der Waals surface area contributed by atoms with E-state index in [1.807, 2.05) is 19.9 Å². The first-order valence-electron chi connectivity index (χ1n) is 8.13. The fourth-order valence-electron chi connectivity index (χ4n) is 2.32. The third-order valence-corrected chi connectivity index (χ3v) is 5.51. The highest BCUT2D eigenvalue weighted by atomic mass is 79.9. The first kappa shape index (κ1) is 21.7. The van der Waals surface area contributed by atoms with Gasteiger partial charge in [0.1, 0.15) is 4.32 Å². The summed E-state index contributed by atoms with van der Waals surface area (Å²) in [5, 5.41) is 0. The van der Waals surface area contributed by atoms with Crippen LogP contribution in [-0.4, -0.2) is 48.0 Å². The van der Waals surface area contributed by atoms with E-state index in [0.29, 0.717) is 20.7 Å². The molecule has 0 N–H and O–H groups in total. The Bertz CT molecular complexity index is 794. The van der Waals surface area contributed by atoms with Crippen LogP contribution >= 0.6 is 39.9 Å². The SMILES string of the molecule is COC(=O)CCN1C(=O)/C(=C/c2cc(Br)c(OC(C)C)c(OC)c2)SC1=S. The van der Waals surface area contributed by atoms with Gasteiger partial charge in [0.2, 0.25) is 0 Å². The molecule has 146 valence electrons. The summed E-state index contributed by atoms with van der Waals surface area (Å²) in [5.74, 6) is 0.551. The molecule has 0 atom stereocenters. The Balaban J connectivity index is 2.25. The Morgan fingerprint density at radius 3 is 2.67 bits per heavy atom. The summed E-state index contributed by atoms with van der Waals surface area (Å²) >= 11 is 9.95. The van der Waals surface area contributed by atoms with E-state index in [4.69, 9.17) is 21.7 Å². The van der Waals surface area contributed by atoms with Crippen molar-refractivity contribution in [3.8, 4) is 11.5 Å². The van der Waals surface area contributed by atoms with E-state index in [0.717, 1.165) is 10.0 Å². The lowest BCUT2D eigenvalue weighted by molar-refractivity contribution is -0.140. The summed E-state index contributed by atoms with van der Waals surface area (Å²) in [4.78, 5) is 25.8. The first-order valence-corrected chi connectivity index (χ1v) is 10.1. The zero-order valence-corrected chi connectivity index (χ0v) is 18.6. The molecule has 0 aromatic heterocycles. The Morgan fingerprint density at radius 1 is 1.37 bits per heavy atom. The maximum absolute atomic E-state index is 12.6. The Hall–Kier alpha value is -1.58. The van der Waals surface area contributed by atoms with Crippen molar-refractivity contribution in [3.05, 3.63) is 27.1 Å². The quantitative estimate of drug-likeness (QED) is 0.336. The number of carbonyl (C=O) groups is 2. The van der Waals surface area contributed by atoms with Crippen LogP contribution in [0.5, 0.6) is 11.5 Å². The molecule has 1 aliphatic rings. The molecule has 0 unspecified atom stereocenters. The summed E-state index contributed by atoms with van der Waals surface area (Å²) in [6.45, 7) is 4.06. The van der Waals surface area contributed by atoms with Crippen molar-refractivity contribution in [3.63, 3.8) is 0 Å². The van der Waals surface area contributed by atoms with Crippen LogP contribution in [0.25, 0.3) is 6.08 Å². The second-order valence-electron chi connectivity index (χ2n) is 5.86. The van der Waals surface area contributed by atoms with Crippen LogP contribution in [0.2, 0.25) is 0 Å². The standard InChI is InChI=1S/C18H20BrNO5S2/c1-10(2)25-16-12(19)7-11(8-13(16)23-3)9-14-17(22)20(18(26)27-14)6-5-15(21)24-4/h7-10H,5-6H2,1-4H3/b14-9-. The molecule has 1 saturated heterocycles. The molecule has 0 radical (unpaired) electrons. The van der Waals surface area contributed by atoms with E-state index in [9.17, 15) is 9.59 Å². The van der Waals surface area contributed by atoms with E-state index in [2.05, 4.69) is 20.7 Å². The Morgan fingerprint density at radius 2 is 2.07 bits per heavy atom. The van der Waals surface area contributed by atoms with Gasteiger partial charge in [-0.15, -0.1) is 0 Å². The zero-order valence-electron chi connectivity index (χ0n) is 15.4.